The summed E-state index contributed by atoms with van der Waals surface area (Å²) in [6, 6.07) is 0. The van der Waals surface area contributed by atoms with Crippen LogP contribution < -0.4 is 10.2 Å². The number of hydrogen-bond acceptors (Lipinski definition) is 4. The summed E-state index contributed by atoms with van der Waals surface area (Å²) >= 11 is 1.77. The predicted octanol–water partition coefficient (Wildman–Crippen LogP) is 3.27. The molecule has 1 saturated carbocycles. The van der Waals surface area contributed by atoms with Crippen molar-refractivity contribution in [3.8, 4) is 0 Å². The maximum Gasteiger partial charge on any atom is 0.185 e. The van der Waals surface area contributed by atoms with Gasteiger partial charge in [0, 0.05) is 25.5 Å². The summed E-state index contributed by atoms with van der Waals surface area (Å²) in [5.74, 6) is 0.889. The standard InChI is InChI=1S/C14H25N3S/c1-3-8-15-9-13-11-18-14(16-13)17(2)10-12-6-4-5-7-12/h11-12,15H,3-10H2,1-2H3. The van der Waals surface area contributed by atoms with Crippen molar-refractivity contribution < 1.29 is 0 Å². The lowest BCUT2D eigenvalue weighted by Crippen LogP contribution is -2.24. The van der Waals surface area contributed by atoms with E-state index in [9.17, 15) is 0 Å². The van der Waals surface area contributed by atoms with Crippen LogP contribution in [-0.4, -0.2) is 25.1 Å². The first kappa shape index (κ1) is 13.8. The first-order chi connectivity index (χ1) is 8.79. The fraction of sp³-hybridized carbons (Fsp3) is 0.786. The molecule has 4 heteroatoms. The Morgan fingerprint density at radius 3 is 2.94 bits per heavy atom. The molecule has 0 unspecified atom stereocenters. The second-order valence-corrected chi connectivity index (χ2v) is 6.17. The molecule has 0 radical (unpaired) electrons. The van der Waals surface area contributed by atoms with Crippen LogP contribution in [0.2, 0.25) is 0 Å². The molecule has 18 heavy (non-hydrogen) atoms. The number of anilines is 1. The summed E-state index contributed by atoms with van der Waals surface area (Å²) in [6.45, 7) is 5.34. The molecule has 0 spiro atoms. The largest absolute Gasteiger partial charge is 0.351 e. The van der Waals surface area contributed by atoms with Crippen LogP contribution in [0.5, 0.6) is 0 Å². The highest BCUT2D eigenvalue weighted by molar-refractivity contribution is 7.13. The van der Waals surface area contributed by atoms with E-state index in [1.807, 2.05) is 0 Å². The number of rotatable bonds is 7. The smallest absolute Gasteiger partial charge is 0.185 e. The Balaban J connectivity index is 1.80. The Morgan fingerprint density at radius 2 is 2.22 bits per heavy atom. The van der Waals surface area contributed by atoms with E-state index in [1.165, 1.54) is 49.5 Å². The first-order valence-electron chi connectivity index (χ1n) is 7.16. The lowest BCUT2D eigenvalue weighted by molar-refractivity contribution is 0.546. The van der Waals surface area contributed by atoms with Gasteiger partial charge in [0.1, 0.15) is 0 Å². The third-order valence-corrected chi connectivity index (χ3v) is 4.61. The van der Waals surface area contributed by atoms with Gasteiger partial charge in [0.15, 0.2) is 5.13 Å². The summed E-state index contributed by atoms with van der Waals surface area (Å²) in [5.41, 5.74) is 1.18. The van der Waals surface area contributed by atoms with Crippen molar-refractivity contribution in [2.75, 3.05) is 25.0 Å². The van der Waals surface area contributed by atoms with Gasteiger partial charge in [-0.05, 0) is 31.7 Å². The van der Waals surface area contributed by atoms with Crippen molar-refractivity contribution in [1.82, 2.24) is 10.3 Å². The van der Waals surface area contributed by atoms with Gasteiger partial charge in [-0.2, -0.15) is 0 Å². The van der Waals surface area contributed by atoms with Gasteiger partial charge >= 0.3 is 0 Å². The average molecular weight is 267 g/mol. The molecule has 2 rings (SSSR count). The van der Waals surface area contributed by atoms with Crippen LogP contribution in [0.4, 0.5) is 5.13 Å². The van der Waals surface area contributed by atoms with Crippen molar-refractivity contribution in [2.45, 2.75) is 45.6 Å². The molecule has 0 saturated heterocycles. The van der Waals surface area contributed by atoms with Crippen molar-refractivity contribution in [3.63, 3.8) is 0 Å². The van der Waals surface area contributed by atoms with Crippen LogP contribution in [0.3, 0.4) is 0 Å². The summed E-state index contributed by atoms with van der Waals surface area (Å²) in [6.07, 6.45) is 6.82. The Hall–Kier alpha value is -0.610. The highest BCUT2D eigenvalue weighted by atomic mass is 32.1. The molecule has 1 aromatic rings. The van der Waals surface area contributed by atoms with E-state index < -0.39 is 0 Å². The second-order valence-electron chi connectivity index (χ2n) is 5.33. The molecule has 3 nitrogen and oxygen atoms in total. The Kier molecular flexibility index (Phi) is 5.45. The maximum atomic E-state index is 4.71. The molecular formula is C14H25N3S. The number of aromatic nitrogens is 1. The Labute approximate surface area is 115 Å². The molecule has 0 aromatic carbocycles. The van der Waals surface area contributed by atoms with Crippen LogP contribution in [0.1, 0.15) is 44.7 Å². The van der Waals surface area contributed by atoms with Crippen LogP contribution >= 0.6 is 11.3 Å². The minimum Gasteiger partial charge on any atom is -0.351 e. The Bertz CT molecular complexity index is 345. The zero-order valence-corrected chi connectivity index (χ0v) is 12.4. The number of hydrogen-bond donors (Lipinski definition) is 1. The van der Waals surface area contributed by atoms with Crippen LogP contribution in [-0.2, 0) is 6.54 Å². The molecule has 1 aliphatic carbocycles. The number of nitrogens with zero attached hydrogens (tertiary/aromatic N) is 2. The van der Waals surface area contributed by atoms with E-state index in [0.717, 1.165) is 19.0 Å². The highest BCUT2D eigenvalue weighted by Crippen LogP contribution is 2.28. The topological polar surface area (TPSA) is 28.2 Å². The van der Waals surface area contributed by atoms with Gasteiger partial charge in [-0.15, -0.1) is 11.3 Å². The summed E-state index contributed by atoms with van der Waals surface area (Å²) < 4.78 is 0. The summed E-state index contributed by atoms with van der Waals surface area (Å²) in [5, 5.41) is 6.76. The molecule has 1 fully saturated rings. The molecule has 0 bridgehead atoms. The van der Waals surface area contributed by atoms with E-state index >= 15 is 0 Å². The third kappa shape index (κ3) is 3.95. The lowest BCUT2D eigenvalue weighted by atomic mass is 10.1. The molecule has 1 N–H and O–H groups in total. The molecule has 1 aliphatic rings. The molecular weight excluding hydrogens is 242 g/mol. The summed E-state index contributed by atoms with van der Waals surface area (Å²) in [4.78, 5) is 7.04. The predicted molar refractivity (Wildman–Crippen MR) is 79.3 cm³/mol. The van der Waals surface area contributed by atoms with Gasteiger partial charge < -0.3 is 10.2 Å². The molecule has 1 aromatic heterocycles. The van der Waals surface area contributed by atoms with Crippen molar-refractivity contribution in [1.29, 1.82) is 0 Å². The molecule has 0 atom stereocenters. The highest BCUT2D eigenvalue weighted by Gasteiger charge is 2.18. The van der Waals surface area contributed by atoms with Crippen molar-refractivity contribution in [2.24, 2.45) is 5.92 Å². The van der Waals surface area contributed by atoms with E-state index in [2.05, 4.69) is 29.6 Å². The van der Waals surface area contributed by atoms with Gasteiger partial charge in [0.05, 0.1) is 5.69 Å². The quantitative estimate of drug-likeness (QED) is 0.769. The zero-order chi connectivity index (χ0) is 12.8. The van der Waals surface area contributed by atoms with Gasteiger partial charge in [-0.3, -0.25) is 0 Å². The summed E-state index contributed by atoms with van der Waals surface area (Å²) in [7, 11) is 2.18. The van der Waals surface area contributed by atoms with E-state index in [4.69, 9.17) is 4.98 Å². The van der Waals surface area contributed by atoms with Crippen molar-refractivity contribution >= 4 is 16.5 Å². The van der Waals surface area contributed by atoms with Gasteiger partial charge in [-0.1, -0.05) is 19.8 Å². The minimum absolute atomic E-state index is 0.889. The molecule has 0 aliphatic heterocycles. The van der Waals surface area contributed by atoms with Crippen LogP contribution in [0, 0.1) is 5.92 Å². The first-order valence-corrected chi connectivity index (χ1v) is 8.03. The molecule has 1 heterocycles. The van der Waals surface area contributed by atoms with Gasteiger partial charge in [0.2, 0.25) is 0 Å². The average Bonchev–Trinajstić information content (AvgIpc) is 3.00. The number of nitrogens with one attached hydrogen (secondary N) is 1. The van der Waals surface area contributed by atoms with E-state index in [-0.39, 0.29) is 0 Å². The monoisotopic (exact) mass is 267 g/mol. The zero-order valence-electron chi connectivity index (χ0n) is 11.6. The van der Waals surface area contributed by atoms with Gasteiger partial charge in [0.25, 0.3) is 0 Å². The fourth-order valence-corrected chi connectivity index (χ4v) is 3.41. The Morgan fingerprint density at radius 1 is 1.44 bits per heavy atom. The van der Waals surface area contributed by atoms with Crippen LogP contribution in [0.15, 0.2) is 5.38 Å². The number of thiazole rings is 1. The third-order valence-electron chi connectivity index (χ3n) is 3.61. The van der Waals surface area contributed by atoms with E-state index in [1.54, 1.807) is 11.3 Å². The lowest BCUT2D eigenvalue weighted by Gasteiger charge is -2.19. The maximum absolute atomic E-state index is 4.71. The van der Waals surface area contributed by atoms with E-state index in [0.29, 0.717) is 0 Å². The fourth-order valence-electron chi connectivity index (χ4n) is 2.60. The van der Waals surface area contributed by atoms with Crippen molar-refractivity contribution in [3.05, 3.63) is 11.1 Å². The van der Waals surface area contributed by atoms with Gasteiger partial charge in [-0.25, -0.2) is 4.98 Å². The normalized spacial score (nSPS) is 16.3. The van der Waals surface area contributed by atoms with Crippen LogP contribution in [0.25, 0.3) is 0 Å². The minimum atomic E-state index is 0.889. The molecule has 0 amide bonds. The second kappa shape index (κ2) is 7.10. The molecule has 102 valence electrons. The SMILES string of the molecule is CCCNCc1csc(N(C)CC2CCCC2)n1.